The summed E-state index contributed by atoms with van der Waals surface area (Å²) in [5, 5.41) is 11.4. The molecule has 20 heavy (non-hydrogen) atoms. The molecule has 2 rings (SSSR count). The van der Waals surface area contributed by atoms with Crippen LogP contribution < -0.4 is 5.32 Å². The Balaban J connectivity index is 1.90. The SMILES string of the molecule is CCn1cc(CNC(=O)Cn2nc(C)c(Br)c2C)cn1. The zero-order valence-electron chi connectivity index (χ0n) is 11.9. The maximum Gasteiger partial charge on any atom is 0.242 e. The molecule has 2 heterocycles. The summed E-state index contributed by atoms with van der Waals surface area (Å²) >= 11 is 3.45. The van der Waals surface area contributed by atoms with Gasteiger partial charge in [-0.2, -0.15) is 10.2 Å². The summed E-state index contributed by atoms with van der Waals surface area (Å²) in [6.07, 6.45) is 3.70. The van der Waals surface area contributed by atoms with Crippen LogP contribution in [-0.4, -0.2) is 25.5 Å². The van der Waals surface area contributed by atoms with Gasteiger partial charge in [-0.15, -0.1) is 0 Å². The van der Waals surface area contributed by atoms with Crippen molar-refractivity contribution in [2.24, 2.45) is 0 Å². The van der Waals surface area contributed by atoms with Crippen LogP contribution in [0.2, 0.25) is 0 Å². The first-order valence-electron chi connectivity index (χ1n) is 6.48. The van der Waals surface area contributed by atoms with Gasteiger partial charge in [-0.25, -0.2) is 0 Å². The van der Waals surface area contributed by atoms with E-state index in [0.717, 1.165) is 28.0 Å². The van der Waals surface area contributed by atoms with Gasteiger partial charge >= 0.3 is 0 Å². The van der Waals surface area contributed by atoms with Crippen molar-refractivity contribution in [2.45, 2.75) is 40.4 Å². The van der Waals surface area contributed by atoms with Crippen molar-refractivity contribution in [3.8, 4) is 0 Å². The molecular weight excluding hydrogens is 322 g/mol. The van der Waals surface area contributed by atoms with Crippen LogP contribution in [0, 0.1) is 13.8 Å². The van der Waals surface area contributed by atoms with Crippen LogP contribution in [0.25, 0.3) is 0 Å². The summed E-state index contributed by atoms with van der Waals surface area (Å²) in [7, 11) is 0. The van der Waals surface area contributed by atoms with E-state index in [9.17, 15) is 4.79 Å². The molecule has 1 N–H and O–H groups in total. The lowest BCUT2D eigenvalue weighted by atomic mass is 10.3. The molecule has 0 saturated carbocycles. The predicted octanol–water partition coefficient (Wildman–Crippen LogP) is 1.80. The second-order valence-corrected chi connectivity index (χ2v) is 5.42. The molecule has 7 heteroatoms. The van der Waals surface area contributed by atoms with E-state index < -0.39 is 0 Å². The van der Waals surface area contributed by atoms with Gasteiger partial charge in [0, 0.05) is 24.8 Å². The third kappa shape index (κ3) is 3.27. The molecular formula is C13H18BrN5O. The molecule has 2 aromatic heterocycles. The van der Waals surface area contributed by atoms with Crippen molar-refractivity contribution in [1.82, 2.24) is 24.9 Å². The highest BCUT2D eigenvalue weighted by molar-refractivity contribution is 9.10. The lowest BCUT2D eigenvalue weighted by molar-refractivity contribution is -0.122. The second-order valence-electron chi connectivity index (χ2n) is 4.62. The number of aromatic nitrogens is 4. The highest BCUT2D eigenvalue weighted by Gasteiger charge is 2.11. The summed E-state index contributed by atoms with van der Waals surface area (Å²) < 4.78 is 4.48. The average molecular weight is 340 g/mol. The number of hydrogen-bond acceptors (Lipinski definition) is 3. The van der Waals surface area contributed by atoms with Crippen molar-refractivity contribution >= 4 is 21.8 Å². The van der Waals surface area contributed by atoms with Gasteiger partial charge in [0.25, 0.3) is 0 Å². The van der Waals surface area contributed by atoms with Gasteiger partial charge in [0.1, 0.15) is 6.54 Å². The van der Waals surface area contributed by atoms with Crippen LogP contribution in [0.1, 0.15) is 23.9 Å². The monoisotopic (exact) mass is 339 g/mol. The molecule has 0 radical (unpaired) electrons. The van der Waals surface area contributed by atoms with Crippen LogP contribution in [0.3, 0.4) is 0 Å². The van der Waals surface area contributed by atoms with Crippen LogP contribution in [0.4, 0.5) is 0 Å². The van der Waals surface area contributed by atoms with Crippen LogP contribution in [-0.2, 0) is 24.4 Å². The van der Waals surface area contributed by atoms with E-state index in [1.54, 1.807) is 10.9 Å². The smallest absolute Gasteiger partial charge is 0.242 e. The third-order valence-corrected chi connectivity index (χ3v) is 4.23. The minimum absolute atomic E-state index is 0.0626. The van der Waals surface area contributed by atoms with Gasteiger partial charge in [0.15, 0.2) is 0 Å². The van der Waals surface area contributed by atoms with Gasteiger partial charge in [-0.05, 0) is 36.7 Å². The first kappa shape index (κ1) is 14.8. The molecule has 0 aliphatic rings. The average Bonchev–Trinajstić information content (AvgIpc) is 2.98. The Bertz CT molecular complexity index is 616. The Morgan fingerprint density at radius 3 is 2.75 bits per heavy atom. The Kier molecular flexibility index (Phi) is 4.59. The largest absolute Gasteiger partial charge is 0.350 e. The topological polar surface area (TPSA) is 64.7 Å². The first-order chi connectivity index (χ1) is 9.51. The zero-order chi connectivity index (χ0) is 14.7. The second kappa shape index (κ2) is 6.21. The standard InChI is InChI=1S/C13H18BrN5O/c1-4-18-7-11(6-16-18)5-15-12(20)8-19-10(3)13(14)9(2)17-19/h6-7H,4-5,8H2,1-3H3,(H,15,20). The van der Waals surface area contributed by atoms with Crippen molar-refractivity contribution in [1.29, 1.82) is 0 Å². The normalized spacial score (nSPS) is 10.8. The summed E-state index contributed by atoms with van der Waals surface area (Å²) in [5.41, 5.74) is 2.84. The Hall–Kier alpha value is -1.63. The number of carbonyl (C=O) groups excluding carboxylic acids is 1. The van der Waals surface area contributed by atoms with Gasteiger partial charge < -0.3 is 5.32 Å². The van der Waals surface area contributed by atoms with E-state index in [1.165, 1.54) is 0 Å². The van der Waals surface area contributed by atoms with E-state index >= 15 is 0 Å². The fourth-order valence-electron chi connectivity index (χ4n) is 1.89. The lowest BCUT2D eigenvalue weighted by Crippen LogP contribution is -2.27. The third-order valence-electron chi connectivity index (χ3n) is 3.09. The van der Waals surface area contributed by atoms with E-state index in [2.05, 4.69) is 31.4 Å². The highest BCUT2D eigenvalue weighted by atomic mass is 79.9. The van der Waals surface area contributed by atoms with Crippen molar-refractivity contribution in [3.63, 3.8) is 0 Å². The quantitative estimate of drug-likeness (QED) is 0.903. The molecule has 0 aromatic carbocycles. The Labute approximate surface area is 126 Å². The van der Waals surface area contributed by atoms with E-state index in [0.29, 0.717) is 6.54 Å². The first-order valence-corrected chi connectivity index (χ1v) is 7.28. The number of amides is 1. The molecule has 0 unspecified atom stereocenters. The van der Waals surface area contributed by atoms with Crippen molar-refractivity contribution < 1.29 is 4.79 Å². The fraction of sp³-hybridized carbons (Fsp3) is 0.462. The number of halogens is 1. The number of hydrogen-bond donors (Lipinski definition) is 1. The molecule has 0 aliphatic carbocycles. The van der Waals surface area contributed by atoms with Crippen molar-refractivity contribution in [3.05, 3.63) is 33.8 Å². The summed E-state index contributed by atoms with van der Waals surface area (Å²) in [6, 6.07) is 0. The predicted molar refractivity (Wildman–Crippen MR) is 79.1 cm³/mol. The van der Waals surface area contributed by atoms with E-state index in [1.807, 2.05) is 31.6 Å². The fourth-order valence-corrected chi connectivity index (χ4v) is 2.18. The van der Waals surface area contributed by atoms with E-state index in [4.69, 9.17) is 0 Å². The number of nitrogens with zero attached hydrogens (tertiary/aromatic N) is 4. The number of nitrogens with one attached hydrogen (secondary N) is 1. The number of rotatable bonds is 5. The summed E-state index contributed by atoms with van der Waals surface area (Å²) in [4.78, 5) is 11.9. The van der Waals surface area contributed by atoms with Gasteiger partial charge in [0.2, 0.25) is 5.91 Å². The molecule has 2 aromatic rings. The van der Waals surface area contributed by atoms with Gasteiger partial charge in [-0.3, -0.25) is 14.2 Å². The summed E-state index contributed by atoms with van der Waals surface area (Å²) in [5.74, 6) is -0.0626. The Morgan fingerprint density at radius 1 is 1.45 bits per heavy atom. The molecule has 1 amide bonds. The molecule has 0 atom stereocenters. The molecule has 0 bridgehead atoms. The zero-order valence-corrected chi connectivity index (χ0v) is 13.4. The van der Waals surface area contributed by atoms with Crippen LogP contribution in [0.5, 0.6) is 0 Å². The molecule has 0 fully saturated rings. The van der Waals surface area contributed by atoms with E-state index in [-0.39, 0.29) is 12.5 Å². The number of aryl methyl sites for hydroxylation is 2. The molecule has 0 saturated heterocycles. The lowest BCUT2D eigenvalue weighted by Gasteiger charge is -2.05. The highest BCUT2D eigenvalue weighted by Crippen LogP contribution is 2.19. The Morgan fingerprint density at radius 2 is 2.20 bits per heavy atom. The van der Waals surface area contributed by atoms with Crippen LogP contribution in [0.15, 0.2) is 16.9 Å². The number of carbonyl (C=O) groups is 1. The van der Waals surface area contributed by atoms with Gasteiger partial charge in [-0.1, -0.05) is 0 Å². The molecule has 0 spiro atoms. The minimum atomic E-state index is -0.0626. The molecule has 6 nitrogen and oxygen atoms in total. The maximum absolute atomic E-state index is 11.9. The maximum atomic E-state index is 11.9. The van der Waals surface area contributed by atoms with Gasteiger partial charge in [0.05, 0.1) is 22.1 Å². The summed E-state index contributed by atoms with van der Waals surface area (Å²) in [6.45, 7) is 7.40. The minimum Gasteiger partial charge on any atom is -0.350 e. The molecule has 0 aliphatic heterocycles. The van der Waals surface area contributed by atoms with Crippen LogP contribution >= 0.6 is 15.9 Å². The molecule has 108 valence electrons. The van der Waals surface area contributed by atoms with Crippen molar-refractivity contribution in [2.75, 3.05) is 0 Å².